The van der Waals surface area contributed by atoms with Gasteiger partial charge in [0.2, 0.25) is 10.0 Å². The molecule has 2 heterocycles. The minimum absolute atomic E-state index is 0.0904. The minimum Gasteiger partial charge on any atom is -0.372 e. The average molecular weight is 333 g/mol. The number of pyridine rings is 1. The van der Waals surface area contributed by atoms with E-state index in [-0.39, 0.29) is 9.92 Å². The van der Waals surface area contributed by atoms with E-state index in [9.17, 15) is 8.42 Å². The predicted molar refractivity (Wildman–Crippen MR) is 84.3 cm³/mol. The highest BCUT2D eigenvalue weighted by atomic mass is 35.5. The van der Waals surface area contributed by atoms with Crippen LogP contribution in [0.4, 0.5) is 5.82 Å². The molecule has 0 radical (unpaired) electrons. The van der Waals surface area contributed by atoms with Crippen LogP contribution in [-0.4, -0.2) is 51.5 Å². The van der Waals surface area contributed by atoms with E-state index in [0.29, 0.717) is 12.4 Å². The van der Waals surface area contributed by atoms with Crippen LogP contribution in [0.15, 0.2) is 17.2 Å². The molecule has 8 heteroatoms. The van der Waals surface area contributed by atoms with Gasteiger partial charge >= 0.3 is 0 Å². The summed E-state index contributed by atoms with van der Waals surface area (Å²) in [6, 6.07) is 1.41. The van der Waals surface area contributed by atoms with Crippen molar-refractivity contribution in [3.63, 3.8) is 0 Å². The van der Waals surface area contributed by atoms with Crippen LogP contribution < -0.4 is 10.0 Å². The molecule has 1 fully saturated rings. The predicted octanol–water partition coefficient (Wildman–Crippen LogP) is 1.54. The zero-order chi connectivity index (χ0) is 15.3. The van der Waals surface area contributed by atoms with Crippen molar-refractivity contribution < 1.29 is 8.42 Å². The zero-order valence-electron chi connectivity index (χ0n) is 12.1. The Morgan fingerprint density at radius 2 is 2.10 bits per heavy atom. The van der Waals surface area contributed by atoms with Crippen LogP contribution in [0.3, 0.4) is 0 Å². The third kappa shape index (κ3) is 4.54. The lowest BCUT2D eigenvalue weighted by atomic mass is 10.4. The van der Waals surface area contributed by atoms with Crippen molar-refractivity contribution in [1.29, 1.82) is 0 Å². The molecule has 21 heavy (non-hydrogen) atoms. The van der Waals surface area contributed by atoms with Crippen molar-refractivity contribution in [1.82, 2.24) is 14.6 Å². The lowest BCUT2D eigenvalue weighted by molar-refractivity contribution is 0.334. The minimum atomic E-state index is -3.55. The van der Waals surface area contributed by atoms with Gasteiger partial charge in [0.1, 0.15) is 10.7 Å². The molecule has 0 atom stereocenters. The molecule has 1 aliphatic rings. The average Bonchev–Trinajstić information content (AvgIpc) is 2.97. The maximum atomic E-state index is 12.1. The van der Waals surface area contributed by atoms with Crippen molar-refractivity contribution in [3.8, 4) is 0 Å². The fourth-order valence-corrected chi connectivity index (χ4v) is 3.72. The fraction of sp³-hybridized carbons (Fsp3) is 0.615. The molecule has 0 aliphatic carbocycles. The standard InChI is InChI=1S/C13H21ClN4O2S/c1-15-13-12(14)9-11(10-16-13)21(19,20)17-5-4-8-18-6-2-3-7-18/h9-10,17H,2-8H2,1H3,(H,15,16). The summed E-state index contributed by atoms with van der Waals surface area (Å²) in [5.74, 6) is 0.463. The number of rotatable bonds is 7. The van der Waals surface area contributed by atoms with E-state index in [1.807, 2.05) is 0 Å². The summed E-state index contributed by atoms with van der Waals surface area (Å²) in [7, 11) is -1.87. The Morgan fingerprint density at radius 3 is 2.71 bits per heavy atom. The summed E-state index contributed by atoms with van der Waals surface area (Å²) in [4.78, 5) is 6.43. The first-order valence-corrected chi connectivity index (χ1v) is 8.94. The topological polar surface area (TPSA) is 74.3 Å². The molecular weight excluding hydrogens is 312 g/mol. The van der Waals surface area contributed by atoms with Gasteiger partial charge in [0.15, 0.2) is 0 Å². The van der Waals surface area contributed by atoms with Gasteiger partial charge in [0.25, 0.3) is 0 Å². The lowest BCUT2D eigenvalue weighted by Gasteiger charge is -2.14. The highest BCUT2D eigenvalue weighted by Gasteiger charge is 2.16. The van der Waals surface area contributed by atoms with Crippen molar-refractivity contribution in [2.24, 2.45) is 0 Å². The first-order valence-electron chi connectivity index (χ1n) is 7.08. The number of aromatic nitrogens is 1. The Morgan fingerprint density at radius 1 is 1.38 bits per heavy atom. The molecule has 2 rings (SSSR count). The van der Waals surface area contributed by atoms with E-state index in [4.69, 9.17) is 11.6 Å². The van der Waals surface area contributed by atoms with Crippen LogP contribution in [0.5, 0.6) is 0 Å². The molecular formula is C13H21ClN4O2S. The molecule has 118 valence electrons. The summed E-state index contributed by atoms with van der Waals surface area (Å²) in [6.45, 7) is 3.60. The van der Waals surface area contributed by atoms with Crippen LogP contribution in [0.1, 0.15) is 19.3 Å². The number of anilines is 1. The Labute approximate surface area is 130 Å². The molecule has 0 bridgehead atoms. The van der Waals surface area contributed by atoms with Crippen molar-refractivity contribution >= 4 is 27.4 Å². The van der Waals surface area contributed by atoms with Crippen LogP contribution in [-0.2, 0) is 10.0 Å². The van der Waals surface area contributed by atoms with E-state index in [1.165, 1.54) is 25.1 Å². The molecule has 0 spiro atoms. The molecule has 0 saturated carbocycles. The van der Waals surface area contributed by atoms with Gasteiger partial charge in [0.05, 0.1) is 5.02 Å². The van der Waals surface area contributed by atoms with Crippen molar-refractivity contribution in [2.75, 3.05) is 38.5 Å². The molecule has 0 unspecified atom stereocenters. The number of likely N-dealkylation sites (tertiary alicyclic amines) is 1. The highest BCUT2D eigenvalue weighted by Crippen LogP contribution is 2.21. The zero-order valence-corrected chi connectivity index (χ0v) is 13.7. The lowest BCUT2D eigenvalue weighted by Crippen LogP contribution is -2.28. The van der Waals surface area contributed by atoms with Crippen molar-refractivity contribution in [3.05, 3.63) is 17.3 Å². The molecule has 6 nitrogen and oxygen atoms in total. The smallest absolute Gasteiger partial charge is 0.242 e. The molecule has 0 amide bonds. The fourth-order valence-electron chi connectivity index (χ4n) is 2.35. The van der Waals surface area contributed by atoms with Crippen LogP contribution in [0, 0.1) is 0 Å². The summed E-state index contributed by atoms with van der Waals surface area (Å²) in [5, 5.41) is 3.08. The number of hydrogen-bond donors (Lipinski definition) is 2. The molecule has 1 aromatic rings. The van der Waals surface area contributed by atoms with E-state index in [2.05, 4.69) is 19.9 Å². The van der Waals surface area contributed by atoms with Crippen LogP contribution >= 0.6 is 11.6 Å². The highest BCUT2D eigenvalue weighted by molar-refractivity contribution is 7.89. The Hall–Kier alpha value is -0.890. The number of nitrogens with one attached hydrogen (secondary N) is 2. The first kappa shape index (κ1) is 16.5. The maximum Gasteiger partial charge on any atom is 0.242 e. The van der Waals surface area contributed by atoms with E-state index < -0.39 is 10.0 Å². The van der Waals surface area contributed by atoms with Crippen molar-refractivity contribution in [2.45, 2.75) is 24.2 Å². The Bertz CT molecular complexity index is 574. The van der Waals surface area contributed by atoms with Gasteiger partial charge in [-0.1, -0.05) is 11.6 Å². The van der Waals surface area contributed by atoms with E-state index in [0.717, 1.165) is 26.1 Å². The third-order valence-corrected chi connectivity index (χ3v) is 5.22. The second-order valence-electron chi connectivity index (χ2n) is 5.05. The van der Waals surface area contributed by atoms with Gasteiger partial charge in [-0.3, -0.25) is 0 Å². The normalized spacial score (nSPS) is 16.3. The molecule has 1 saturated heterocycles. The molecule has 1 aromatic heterocycles. The van der Waals surface area contributed by atoms with E-state index >= 15 is 0 Å². The number of sulfonamides is 1. The Kier molecular flexibility index (Phi) is 5.80. The summed E-state index contributed by atoms with van der Waals surface area (Å²) >= 11 is 5.96. The maximum absolute atomic E-state index is 12.1. The summed E-state index contributed by atoms with van der Waals surface area (Å²) in [6.07, 6.45) is 4.59. The summed E-state index contributed by atoms with van der Waals surface area (Å²) < 4.78 is 26.9. The quantitative estimate of drug-likeness (QED) is 0.741. The van der Waals surface area contributed by atoms with Crippen LogP contribution in [0.25, 0.3) is 0 Å². The van der Waals surface area contributed by atoms with Gasteiger partial charge < -0.3 is 10.2 Å². The molecule has 0 aromatic carbocycles. The largest absolute Gasteiger partial charge is 0.372 e. The number of nitrogens with zero attached hydrogens (tertiary/aromatic N) is 2. The van der Waals surface area contributed by atoms with E-state index in [1.54, 1.807) is 7.05 Å². The van der Waals surface area contributed by atoms with Gasteiger partial charge in [-0.15, -0.1) is 0 Å². The number of halogens is 1. The second-order valence-corrected chi connectivity index (χ2v) is 7.23. The van der Waals surface area contributed by atoms with Gasteiger partial charge in [-0.25, -0.2) is 18.1 Å². The SMILES string of the molecule is CNc1ncc(S(=O)(=O)NCCCN2CCCC2)cc1Cl. The van der Waals surface area contributed by atoms with Gasteiger partial charge in [-0.2, -0.15) is 0 Å². The molecule has 1 aliphatic heterocycles. The van der Waals surface area contributed by atoms with Gasteiger partial charge in [0, 0.05) is 19.8 Å². The second kappa shape index (κ2) is 7.40. The van der Waals surface area contributed by atoms with Gasteiger partial charge in [-0.05, 0) is 45.0 Å². The molecule has 2 N–H and O–H groups in total. The number of hydrogen-bond acceptors (Lipinski definition) is 5. The Balaban J connectivity index is 1.87. The summed E-state index contributed by atoms with van der Waals surface area (Å²) in [5.41, 5.74) is 0. The first-order chi connectivity index (χ1) is 10.0. The van der Waals surface area contributed by atoms with Crippen LogP contribution in [0.2, 0.25) is 5.02 Å². The monoisotopic (exact) mass is 332 g/mol. The third-order valence-electron chi connectivity index (χ3n) is 3.51.